The van der Waals surface area contributed by atoms with Crippen molar-refractivity contribution in [2.45, 2.75) is 0 Å². The number of nitrogens with one attached hydrogen (secondary N) is 2. The maximum absolute atomic E-state index is 11.1. The summed E-state index contributed by atoms with van der Waals surface area (Å²) < 4.78 is 0. The van der Waals surface area contributed by atoms with E-state index < -0.39 is 0 Å². The Balaban J connectivity index is 0.000000160. The van der Waals surface area contributed by atoms with Crippen molar-refractivity contribution in [1.82, 2.24) is 0 Å². The molecular weight excluding hydrogens is 285 g/mol. The Morgan fingerprint density at radius 2 is 0.957 bits per heavy atom. The summed E-state index contributed by atoms with van der Waals surface area (Å²) in [7, 11) is 0. The Kier molecular flexibility index (Phi) is 5.23. The molecule has 0 spiro atoms. The summed E-state index contributed by atoms with van der Waals surface area (Å²) in [5, 5.41) is 24.2. The number of hydrogen-bond donors (Lipinski definition) is 0. The smallest absolute Gasteiger partial charge is 0.868 e. The summed E-state index contributed by atoms with van der Waals surface area (Å²) in [4.78, 5) is 5.81. The van der Waals surface area contributed by atoms with Gasteiger partial charge in [-0.15, -0.1) is 0 Å². The molecule has 4 aromatic rings. The normalized spacial score (nSPS) is 9.74. The van der Waals surface area contributed by atoms with Gasteiger partial charge < -0.3 is 10.2 Å². The number of para-hydroxylation sites is 2. The molecule has 0 aliphatic carbocycles. The second kappa shape index (κ2) is 7.34. The third kappa shape index (κ3) is 3.62. The van der Waals surface area contributed by atoms with Crippen LogP contribution in [-0.2, 0) is 0 Å². The van der Waals surface area contributed by atoms with Crippen LogP contribution in [0, 0.1) is 0 Å². The van der Waals surface area contributed by atoms with Crippen molar-refractivity contribution in [3.63, 3.8) is 0 Å². The molecule has 0 unspecified atom stereocenters. The van der Waals surface area contributed by atoms with E-state index in [2.05, 4.69) is 9.97 Å². The zero-order valence-corrected chi connectivity index (χ0v) is 12.5. The number of aromatic amines is 2. The number of fused-ring (bicyclic) bond motifs is 2. The van der Waals surface area contributed by atoms with E-state index in [1.807, 2.05) is 36.4 Å². The minimum absolute atomic E-state index is 0. The van der Waals surface area contributed by atoms with E-state index in [0.717, 1.165) is 10.8 Å². The van der Waals surface area contributed by atoms with Gasteiger partial charge in [0.25, 0.3) is 0 Å². The van der Waals surface area contributed by atoms with Crippen molar-refractivity contribution >= 4 is 31.9 Å². The molecule has 2 N–H and O–H groups in total. The van der Waals surface area contributed by atoms with Crippen LogP contribution in [0.5, 0.6) is 11.5 Å². The fourth-order valence-corrected chi connectivity index (χ4v) is 2.25. The number of hydrogen-bond acceptors (Lipinski definition) is 2. The molecule has 108 valence electrons. The van der Waals surface area contributed by atoms with Crippen molar-refractivity contribution in [2.24, 2.45) is 0 Å². The minimum atomic E-state index is 0. The molecule has 4 rings (SSSR count). The Morgan fingerprint density at radius 1 is 0.565 bits per heavy atom. The molecule has 2 heterocycles. The average Bonchev–Trinajstić information content (AvgIpc) is 2.57. The van der Waals surface area contributed by atoms with Crippen LogP contribution in [0.25, 0.3) is 21.8 Å². The van der Waals surface area contributed by atoms with Gasteiger partial charge in [-0.25, -0.2) is 9.97 Å². The van der Waals surface area contributed by atoms with Gasteiger partial charge in [0.1, 0.15) is 0 Å². The van der Waals surface area contributed by atoms with E-state index in [4.69, 9.17) is 0 Å². The van der Waals surface area contributed by atoms with Crippen LogP contribution in [0.15, 0.2) is 73.1 Å². The first-order valence-corrected chi connectivity index (χ1v) is 6.88. The number of pyridine rings is 2. The maximum atomic E-state index is 11.1. The fourth-order valence-electron chi connectivity index (χ4n) is 2.25. The van der Waals surface area contributed by atoms with Gasteiger partial charge in [0.15, 0.2) is 12.4 Å². The van der Waals surface area contributed by atoms with Crippen LogP contribution >= 0.6 is 0 Å². The topological polar surface area (TPSA) is 74.4 Å². The third-order valence-electron chi connectivity index (χ3n) is 3.32. The summed E-state index contributed by atoms with van der Waals surface area (Å²) in [6, 6.07) is 18.0. The molecule has 0 saturated carbocycles. The molecule has 0 aliphatic heterocycles. The van der Waals surface area contributed by atoms with Crippen molar-refractivity contribution in [2.75, 3.05) is 0 Å². The second-order valence-corrected chi connectivity index (χ2v) is 4.78. The molecule has 0 radical (unpaired) electrons. The van der Waals surface area contributed by atoms with Gasteiger partial charge in [-0.3, -0.25) is 0 Å². The van der Waals surface area contributed by atoms with E-state index in [9.17, 15) is 10.2 Å². The molecule has 5 heteroatoms. The molecule has 4 nitrogen and oxygen atoms in total. The molecule has 0 saturated heterocycles. The van der Waals surface area contributed by atoms with Crippen LogP contribution < -0.4 is 20.2 Å². The number of benzene rings is 2. The Bertz CT molecular complexity index is 841. The zero-order chi connectivity index (χ0) is 15.4. The van der Waals surface area contributed by atoms with Gasteiger partial charge >= 0.3 is 10.1 Å². The first-order chi connectivity index (χ1) is 10.8. The number of aromatic nitrogens is 2. The molecule has 2 aromatic heterocycles. The summed E-state index contributed by atoms with van der Waals surface area (Å²) in [5.41, 5.74) is 1.35. The predicted octanol–water partition coefficient (Wildman–Crippen LogP) is 1.07. The molecule has 0 aliphatic rings. The van der Waals surface area contributed by atoms with Crippen molar-refractivity contribution < 1.29 is 20.2 Å². The third-order valence-corrected chi connectivity index (χ3v) is 3.32. The van der Waals surface area contributed by atoms with Crippen LogP contribution in [0.2, 0.25) is 0 Å². The maximum Gasteiger partial charge on any atom is 2.00 e. The number of H-pyrrole nitrogens is 2. The Hall–Kier alpha value is -2.97. The van der Waals surface area contributed by atoms with E-state index in [1.54, 1.807) is 36.7 Å². The van der Waals surface area contributed by atoms with Gasteiger partial charge in [0.05, 0.1) is 0 Å². The van der Waals surface area contributed by atoms with Gasteiger partial charge in [-0.1, -0.05) is 24.3 Å². The first kappa shape index (κ1) is 16.4. The molecule has 0 bridgehead atoms. The van der Waals surface area contributed by atoms with Crippen LogP contribution in [0.3, 0.4) is 0 Å². The van der Waals surface area contributed by atoms with Crippen LogP contribution in [-0.4, -0.2) is 10.1 Å². The Labute approximate surface area is 137 Å². The second-order valence-electron chi connectivity index (χ2n) is 4.78. The summed E-state index contributed by atoms with van der Waals surface area (Å²) in [6.07, 6.45) is 3.51. The minimum Gasteiger partial charge on any atom is -0.868 e. The van der Waals surface area contributed by atoms with Crippen molar-refractivity contribution in [3.8, 4) is 11.5 Å². The fraction of sp³-hybridized carbons (Fsp3) is 0. The van der Waals surface area contributed by atoms with E-state index in [-0.39, 0.29) is 21.6 Å². The molecule has 2 aromatic carbocycles. The summed E-state index contributed by atoms with van der Waals surface area (Å²) in [6.45, 7) is 0. The van der Waals surface area contributed by atoms with Gasteiger partial charge in [0.2, 0.25) is 11.0 Å². The number of rotatable bonds is 0. The van der Waals surface area contributed by atoms with E-state index >= 15 is 0 Å². The predicted molar refractivity (Wildman–Crippen MR) is 85.7 cm³/mol. The van der Waals surface area contributed by atoms with Crippen LogP contribution in [0.1, 0.15) is 0 Å². The molecule has 23 heavy (non-hydrogen) atoms. The SMILES string of the molecule is [Be+2].[O-]c1cccc2ccc[nH+]c12.[O-]c1cccc2ccc[nH+]c12. The standard InChI is InChI=1S/2C9H7NO.Be/c2*11-8-5-1-3-7-4-2-6-10-9(7)8;/h2*1-6,11H;/q;;+2. The zero-order valence-electron chi connectivity index (χ0n) is 12.5. The summed E-state index contributed by atoms with van der Waals surface area (Å²) >= 11 is 0. The van der Waals surface area contributed by atoms with E-state index in [1.165, 1.54) is 0 Å². The first-order valence-electron chi connectivity index (χ1n) is 6.88. The van der Waals surface area contributed by atoms with Gasteiger partial charge in [0, 0.05) is 22.9 Å². The largest absolute Gasteiger partial charge is 2.00 e. The quantitative estimate of drug-likeness (QED) is 0.456. The van der Waals surface area contributed by atoms with Gasteiger partial charge in [-0.05, 0) is 35.8 Å². The van der Waals surface area contributed by atoms with Gasteiger partial charge in [-0.2, -0.15) is 0 Å². The van der Waals surface area contributed by atoms with Crippen molar-refractivity contribution in [1.29, 1.82) is 0 Å². The average molecular weight is 299 g/mol. The molecule has 0 atom stereocenters. The molecular formula is C18H14BeN2O2+2. The van der Waals surface area contributed by atoms with Crippen LogP contribution in [0.4, 0.5) is 0 Å². The molecule has 0 amide bonds. The Morgan fingerprint density at radius 3 is 1.35 bits per heavy atom. The molecule has 0 fully saturated rings. The monoisotopic (exact) mass is 299 g/mol. The van der Waals surface area contributed by atoms with Crippen molar-refractivity contribution in [3.05, 3.63) is 73.1 Å². The van der Waals surface area contributed by atoms with E-state index in [0.29, 0.717) is 11.0 Å². The summed E-state index contributed by atoms with van der Waals surface area (Å²) in [5.74, 6) is 0.0891.